The molecule has 0 aromatic carbocycles. The van der Waals surface area contributed by atoms with Gasteiger partial charge in [-0.25, -0.2) is 4.79 Å². The fraction of sp³-hybridized carbons (Fsp3) is 0.647. The van der Waals surface area contributed by atoms with E-state index in [4.69, 9.17) is 4.74 Å². The Bertz CT molecular complexity index is 538. The molecule has 1 aromatic heterocycles. The molecule has 2 heterocycles. The normalized spacial score (nSPS) is 26.7. The van der Waals surface area contributed by atoms with Crippen molar-refractivity contribution in [2.24, 2.45) is 11.8 Å². The molecule has 1 aliphatic carbocycles. The molecule has 0 radical (unpaired) electrons. The SMILES string of the molecule is Cc1ccc(CNC2C3CN(C(=O)OC(C)(C)C)CC32)cn1. The lowest BCUT2D eigenvalue weighted by Gasteiger charge is -2.26. The second kappa shape index (κ2) is 5.54. The summed E-state index contributed by atoms with van der Waals surface area (Å²) in [6, 6.07) is 4.68. The molecule has 0 spiro atoms. The van der Waals surface area contributed by atoms with E-state index < -0.39 is 5.60 Å². The van der Waals surface area contributed by atoms with Crippen molar-refractivity contribution < 1.29 is 9.53 Å². The minimum Gasteiger partial charge on any atom is -0.444 e. The predicted octanol–water partition coefficient (Wildman–Crippen LogP) is 2.34. The van der Waals surface area contributed by atoms with E-state index in [2.05, 4.69) is 16.4 Å². The van der Waals surface area contributed by atoms with Crippen LogP contribution < -0.4 is 5.32 Å². The van der Waals surface area contributed by atoms with Gasteiger partial charge in [-0.05, 0) is 51.2 Å². The van der Waals surface area contributed by atoms with Crippen molar-refractivity contribution in [3.05, 3.63) is 29.6 Å². The van der Waals surface area contributed by atoms with E-state index in [0.29, 0.717) is 17.9 Å². The maximum Gasteiger partial charge on any atom is 0.410 e. The number of ether oxygens (including phenoxy) is 1. The summed E-state index contributed by atoms with van der Waals surface area (Å²) in [5, 5.41) is 3.58. The Kier molecular flexibility index (Phi) is 3.85. The van der Waals surface area contributed by atoms with Crippen LogP contribution >= 0.6 is 0 Å². The van der Waals surface area contributed by atoms with E-state index in [1.165, 1.54) is 5.56 Å². The van der Waals surface area contributed by atoms with Crippen LogP contribution in [-0.4, -0.2) is 40.7 Å². The molecule has 5 nitrogen and oxygen atoms in total. The highest BCUT2D eigenvalue weighted by Gasteiger charge is 2.56. The highest BCUT2D eigenvalue weighted by atomic mass is 16.6. The molecule has 5 heteroatoms. The first-order chi connectivity index (χ1) is 10.3. The number of aryl methyl sites for hydroxylation is 1. The molecule has 2 aliphatic rings. The van der Waals surface area contributed by atoms with Crippen molar-refractivity contribution in [3.63, 3.8) is 0 Å². The zero-order valence-corrected chi connectivity index (χ0v) is 13.8. The molecule has 1 aliphatic heterocycles. The second-order valence-corrected chi connectivity index (χ2v) is 7.43. The Balaban J connectivity index is 1.43. The lowest BCUT2D eigenvalue weighted by Crippen LogP contribution is -2.39. The molecule has 2 unspecified atom stereocenters. The number of amides is 1. The van der Waals surface area contributed by atoms with Crippen LogP contribution in [-0.2, 0) is 11.3 Å². The van der Waals surface area contributed by atoms with Gasteiger partial charge in [-0.2, -0.15) is 0 Å². The summed E-state index contributed by atoms with van der Waals surface area (Å²) in [5.74, 6) is 1.15. The van der Waals surface area contributed by atoms with Gasteiger partial charge in [-0.3, -0.25) is 4.98 Å². The second-order valence-electron chi connectivity index (χ2n) is 7.43. The predicted molar refractivity (Wildman–Crippen MR) is 84.4 cm³/mol. The number of hydrogen-bond donors (Lipinski definition) is 1. The van der Waals surface area contributed by atoms with Crippen molar-refractivity contribution in [2.45, 2.75) is 45.9 Å². The van der Waals surface area contributed by atoms with Gasteiger partial charge < -0.3 is 15.0 Å². The van der Waals surface area contributed by atoms with Gasteiger partial charge in [0.2, 0.25) is 0 Å². The number of hydrogen-bond acceptors (Lipinski definition) is 4. The van der Waals surface area contributed by atoms with Crippen molar-refractivity contribution in [2.75, 3.05) is 13.1 Å². The average molecular weight is 303 g/mol. The first-order valence-electron chi connectivity index (χ1n) is 7.96. The van der Waals surface area contributed by atoms with Gasteiger partial charge in [-0.15, -0.1) is 0 Å². The molecule has 1 aromatic rings. The molecular weight excluding hydrogens is 278 g/mol. The summed E-state index contributed by atoms with van der Waals surface area (Å²) < 4.78 is 5.42. The number of nitrogens with zero attached hydrogens (tertiary/aromatic N) is 2. The van der Waals surface area contributed by atoms with E-state index in [0.717, 1.165) is 25.3 Å². The minimum atomic E-state index is -0.417. The molecule has 120 valence electrons. The molecule has 3 rings (SSSR count). The lowest BCUT2D eigenvalue weighted by molar-refractivity contribution is 0.0269. The number of piperidine rings is 1. The molecule has 2 atom stereocenters. The maximum atomic E-state index is 12.0. The number of likely N-dealkylation sites (tertiary alicyclic amines) is 1. The number of carbonyl (C=O) groups is 1. The molecule has 2 fully saturated rings. The third kappa shape index (κ3) is 3.40. The Hall–Kier alpha value is -1.62. The van der Waals surface area contributed by atoms with Crippen LogP contribution in [0.3, 0.4) is 0 Å². The van der Waals surface area contributed by atoms with E-state index in [-0.39, 0.29) is 6.09 Å². The number of nitrogens with one attached hydrogen (secondary N) is 1. The van der Waals surface area contributed by atoms with Gasteiger partial charge in [0.05, 0.1) is 0 Å². The maximum absolute atomic E-state index is 12.0. The van der Waals surface area contributed by atoms with Crippen molar-refractivity contribution in [1.82, 2.24) is 15.2 Å². The third-order valence-corrected chi connectivity index (χ3v) is 4.36. The van der Waals surface area contributed by atoms with Crippen LogP contribution in [0.2, 0.25) is 0 Å². The summed E-state index contributed by atoms with van der Waals surface area (Å²) in [7, 11) is 0. The number of carbonyl (C=O) groups excluding carboxylic acids is 1. The summed E-state index contributed by atoms with van der Waals surface area (Å²) in [6.07, 6.45) is 1.74. The lowest BCUT2D eigenvalue weighted by atomic mass is 10.2. The Morgan fingerprint density at radius 1 is 1.36 bits per heavy atom. The van der Waals surface area contributed by atoms with Crippen LogP contribution in [0.25, 0.3) is 0 Å². The molecule has 1 saturated carbocycles. The highest BCUT2D eigenvalue weighted by molar-refractivity contribution is 5.69. The van der Waals surface area contributed by atoms with Gasteiger partial charge in [0.1, 0.15) is 5.60 Å². The highest BCUT2D eigenvalue weighted by Crippen LogP contribution is 2.45. The first kappa shape index (κ1) is 15.3. The Morgan fingerprint density at radius 3 is 2.59 bits per heavy atom. The Labute approximate surface area is 132 Å². The van der Waals surface area contributed by atoms with Crippen LogP contribution in [0.4, 0.5) is 4.79 Å². The summed E-state index contributed by atoms with van der Waals surface area (Å²) in [6.45, 7) is 10.2. The molecule has 22 heavy (non-hydrogen) atoms. The molecule has 1 amide bonds. The standard InChI is InChI=1S/C17H25N3O2/c1-11-5-6-12(7-18-11)8-19-15-13-9-20(10-14(13)15)16(21)22-17(2,3)4/h5-7,13-15,19H,8-10H2,1-4H3. The van der Waals surface area contributed by atoms with Crippen molar-refractivity contribution in [1.29, 1.82) is 0 Å². The van der Waals surface area contributed by atoms with Gasteiger partial charge in [0.25, 0.3) is 0 Å². The molecule has 1 N–H and O–H groups in total. The minimum absolute atomic E-state index is 0.179. The summed E-state index contributed by atoms with van der Waals surface area (Å²) >= 11 is 0. The van der Waals surface area contributed by atoms with E-state index in [9.17, 15) is 4.79 Å². The fourth-order valence-electron chi connectivity index (χ4n) is 3.14. The van der Waals surface area contributed by atoms with Crippen LogP contribution in [0, 0.1) is 18.8 Å². The zero-order valence-electron chi connectivity index (χ0n) is 13.8. The summed E-state index contributed by atoms with van der Waals surface area (Å²) in [5.41, 5.74) is 1.83. The zero-order chi connectivity index (χ0) is 15.9. The molecular formula is C17H25N3O2. The van der Waals surface area contributed by atoms with Crippen molar-refractivity contribution in [3.8, 4) is 0 Å². The van der Waals surface area contributed by atoms with E-state index >= 15 is 0 Å². The third-order valence-electron chi connectivity index (χ3n) is 4.36. The summed E-state index contributed by atoms with van der Waals surface area (Å²) in [4.78, 5) is 18.2. The number of aromatic nitrogens is 1. The van der Waals surface area contributed by atoms with Gasteiger partial charge in [-0.1, -0.05) is 6.07 Å². The van der Waals surface area contributed by atoms with E-state index in [1.807, 2.05) is 44.9 Å². The van der Waals surface area contributed by atoms with Gasteiger partial charge >= 0.3 is 6.09 Å². The Morgan fingerprint density at radius 2 is 2.05 bits per heavy atom. The number of fused-ring (bicyclic) bond motifs is 1. The number of rotatable bonds is 3. The smallest absolute Gasteiger partial charge is 0.410 e. The average Bonchev–Trinajstić information content (AvgIpc) is 2.88. The number of pyridine rings is 1. The van der Waals surface area contributed by atoms with Crippen LogP contribution in [0.5, 0.6) is 0 Å². The fourth-order valence-corrected chi connectivity index (χ4v) is 3.14. The van der Waals surface area contributed by atoms with Gasteiger partial charge in [0.15, 0.2) is 0 Å². The monoisotopic (exact) mass is 303 g/mol. The van der Waals surface area contributed by atoms with Crippen LogP contribution in [0.1, 0.15) is 32.0 Å². The van der Waals surface area contributed by atoms with E-state index in [1.54, 1.807) is 0 Å². The largest absolute Gasteiger partial charge is 0.444 e. The molecule has 1 saturated heterocycles. The van der Waals surface area contributed by atoms with Crippen LogP contribution in [0.15, 0.2) is 18.3 Å². The first-order valence-corrected chi connectivity index (χ1v) is 7.96. The van der Waals surface area contributed by atoms with Gasteiger partial charge in [0, 0.05) is 37.6 Å². The van der Waals surface area contributed by atoms with Crippen molar-refractivity contribution >= 4 is 6.09 Å². The molecule has 0 bridgehead atoms. The topological polar surface area (TPSA) is 54.5 Å². The quantitative estimate of drug-likeness (QED) is 0.931.